The fourth-order valence-electron chi connectivity index (χ4n) is 4.30. The summed E-state index contributed by atoms with van der Waals surface area (Å²) in [7, 11) is 4.07. The van der Waals surface area contributed by atoms with Crippen LogP contribution in [0.2, 0.25) is 0 Å². The summed E-state index contributed by atoms with van der Waals surface area (Å²) in [5, 5.41) is 10.1. The lowest BCUT2D eigenvalue weighted by molar-refractivity contribution is 0.0696. The number of hydrogen-bond donors (Lipinski definition) is 1. The fraction of sp³-hybridized carbons (Fsp3) is 0.360. The zero-order chi connectivity index (χ0) is 21.5. The summed E-state index contributed by atoms with van der Waals surface area (Å²) in [5.41, 5.74) is 5.84. The molecule has 0 saturated heterocycles. The van der Waals surface area contributed by atoms with Crippen molar-refractivity contribution in [2.45, 2.75) is 39.7 Å². The van der Waals surface area contributed by atoms with Gasteiger partial charge in [-0.25, -0.2) is 4.79 Å². The average molecular weight is 421 g/mol. The van der Waals surface area contributed by atoms with E-state index in [4.69, 9.17) is 0 Å². The first kappa shape index (κ1) is 20.8. The predicted molar refractivity (Wildman–Crippen MR) is 123 cm³/mol. The van der Waals surface area contributed by atoms with Gasteiger partial charge in [-0.2, -0.15) is 0 Å². The van der Waals surface area contributed by atoms with Gasteiger partial charge in [-0.3, -0.25) is 4.98 Å². The lowest BCUT2D eigenvalue weighted by atomic mass is 9.76. The van der Waals surface area contributed by atoms with E-state index in [0.717, 1.165) is 58.6 Å². The van der Waals surface area contributed by atoms with Crippen molar-refractivity contribution in [2.24, 2.45) is 5.41 Å². The number of pyridine rings is 1. The first-order chi connectivity index (χ1) is 14.2. The molecule has 0 fully saturated rings. The third-order valence-corrected chi connectivity index (χ3v) is 7.12. The molecule has 1 aliphatic carbocycles. The van der Waals surface area contributed by atoms with E-state index >= 15 is 0 Å². The Kier molecular flexibility index (Phi) is 5.51. The Bertz CT molecular complexity index is 1100. The normalized spacial score (nSPS) is 15.2. The maximum Gasteiger partial charge on any atom is 0.337 e. The Hall–Kier alpha value is -2.50. The van der Waals surface area contributed by atoms with E-state index in [1.54, 1.807) is 11.3 Å². The van der Waals surface area contributed by atoms with Crippen LogP contribution in [0.4, 0.5) is 0 Å². The molecule has 0 atom stereocenters. The molecule has 2 aromatic heterocycles. The highest BCUT2D eigenvalue weighted by atomic mass is 32.1. The quantitative estimate of drug-likeness (QED) is 0.571. The summed E-state index contributed by atoms with van der Waals surface area (Å²) >= 11 is 1.66. The molecule has 0 spiro atoms. The zero-order valence-electron chi connectivity index (χ0n) is 18.0. The van der Waals surface area contributed by atoms with Crippen LogP contribution >= 0.6 is 11.3 Å². The first-order valence-corrected chi connectivity index (χ1v) is 11.1. The van der Waals surface area contributed by atoms with Gasteiger partial charge in [0.25, 0.3) is 0 Å². The molecule has 30 heavy (non-hydrogen) atoms. The van der Waals surface area contributed by atoms with E-state index in [2.05, 4.69) is 41.9 Å². The number of nitrogens with zero attached hydrogens (tertiary/aromatic N) is 2. The molecule has 0 amide bonds. The second-order valence-electron chi connectivity index (χ2n) is 9.17. The summed E-state index contributed by atoms with van der Waals surface area (Å²) in [5.74, 6) is -0.819. The fourth-order valence-corrected chi connectivity index (χ4v) is 5.61. The third kappa shape index (κ3) is 4.05. The second kappa shape index (κ2) is 7.97. The molecule has 0 radical (unpaired) electrons. The molecule has 0 bridgehead atoms. The SMILES string of the molecule is CN(C)Cc1ncccc1-c1cccc(-c2sc3c(c2C(=O)O)CC(C)(C)CC3)c1. The smallest absolute Gasteiger partial charge is 0.337 e. The lowest BCUT2D eigenvalue weighted by Crippen LogP contribution is -2.22. The number of fused-ring (bicyclic) bond motifs is 1. The van der Waals surface area contributed by atoms with Gasteiger partial charge in [0.1, 0.15) is 0 Å². The molecule has 3 aromatic rings. The number of rotatable bonds is 5. The molecule has 1 aromatic carbocycles. The number of thiophene rings is 1. The molecule has 5 heteroatoms. The van der Waals surface area contributed by atoms with Gasteiger partial charge in [0.2, 0.25) is 0 Å². The van der Waals surface area contributed by atoms with Gasteiger partial charge in [-0.05, 0) is 67.6 Å². The lowest BCUT2D eigenvalue weighted by Gasteiger charge is -2.29. The van der Waals surface area contributed by atoms with E-state index in [1.165, 1.54) is 4.88 Å². The monoisotopic (exact) mass is 420 g/mol. The van der Waals surface area contributed by atoms with Crippen molar-refractivity contribution >= 4 is 17.3 Å². The van der Waals surface area contributed by atoms with Gasteiger partial charge in [-0.1, -0.05) is 38.1 Å². The molecule has 4 rings (SSSR count). The molecule has 2 heterocycles. The summed E-state index contributed by atoms with van der Waals surface area (Å²) in [6, 6.07) is 12.3. The highest BCUT2D eigenvalue weighted by Crippen LogP contribution is 2.45. The number of aromatic carboxylic acids is 1. The summed E-state index contributed by atoms with van der Waals surface area (Å²) < 4.78 is 0. The van der Waals surface area contributed by atoms with Crippen molar-refractivity contribution in [1.82, 2.24) is 9.88 Å². The molecule has 0 unspecified atom stereocenters. The van der Waals surface area contributed by atoms with Crippen LogP contribution in [0, 0.1) is 5.41 Å². The number of hydrogen-bond acceptors (Lipinski definition) is 4. The highest BCUT2D eigenvalue weighted by Gasteiger charge is 2.33. The largest absolute Gasteiger partial charge is 0.478 e. The number of aromatic nitrogens is 1. The van der Waals surface area contributed by atoms with Crippen LogP contribution < -0.4 is 0 Å². The van der Waals surface area contributed by atoms with Gasteiger partial charge in [0, 0.05) is 28.1 Å². The molecular weight excluding hydrogens is 392 g/mol. The third-order valence-electron chi connectivity index (χ3n) is 5.78. The minimum absolute atomic E-state index is 0.147. The minimum atomic E-state index is -0.819. The molecule has 0 saturated carbocycles. The zero-order valence-corrected chi connectivity index (χ0v) is 18.8. The Labute approximate surface area is 182 Å². The van der Waals surface area contributed by atoms with Gasteiger partial charge in [-0.15, -0.1) is 11.3 Å². The summed E-state index contributed by atoms with van der Waals surface area (Å²) in [4.78, 5) is 21.1. The molecule has 4 nitrogen and oxygen atoms in total. The standard InChI is InChI=1S/C25H28N2O2S/c1-25(2)11-10-21-19(14-25)22(24(28)29)23(30-21)17-8-5-7-16(13-17)18-9-6-12-26-20(18)15-27(3)4/h5-9,12-13H,10-11,14-15H2,1-4H3,(H,28,29). The van der Waals surface area contributed by atoms with Crippen LogP contribution in [0.15, 0.2) is 42.6 Å². The number of aryl methyl sites for hydroxylation is 1. The van der Waals surface area contributed by atoms with Gasteiger partial charge < -0.3 is 10.0 Å². The second-order valence-corrected chi connectivity index (χ2v) is 10.3. The minimum Gasteiger partial charge on any atom is -0.478 e. The van der Waals surface area contributed by atoms with E-state index in [1.807, 2.05) is 38.5 Å². The van der Waals surface area contributed by atoms with E-state index in [9.17, 15) is 9.90 Å². The van der Waals surface area contributed by atoms with E-state index in [0.29, 0.717) is 5.56 Å². The maximum absolute atomic E-state index is 12.3. The van der Waals surface area contributed by atoms with Crippen LogP contribution in [0.25, 0.3) is 21.6 Å². The molecular formula is C25H28N2O2S. The van der Waals surface area contributed by atoms with Gasteiger partial charge in [0.05, 0.1) is 11.3 Å². The van der Waals surface area contributed by atoms with Crippen molar-refractivity contribution < 1.29 is 9.90 Å². The average Bonchev–Trinajstić information content (AvgIpc) is 3.06. The maximum atomic E-state index is 12.3. The number of carbonyl (C=O) groups is 1. The van der Waals surface area contributed by atoms with Crippen LogP contribution in [-0.2, 0) is 19.4 Å². The molecule has 156 valence electrons. The Morgan fingerprint density at radius 2 is 1.97 bits per heavy atom. The van der Waals surface area contributed by atoms with Crippen LogP contribution in [0.5, 0.6) is 0 Å². The van der Waals surface area contributed by atoms with Crippen molar-refractivity contribution in [3.63, 3.8) is 0 Å². The molecule has 1 N–H and O–H groups in total. The number of carboxylic acids is 1. The van der Waals surface area contributed by atoms with Crippen molar-refractivity contribution in [3.05, 3.63) is 64.3 Å². The Morgan fingerprint density at radius 3 is 2.70 bits per heavy atom. The Morgan fingerprint density at radius 1 is 1.20 bits per heavy atom. The summed E-state index contributed by atoms with van der Waals surface area (Å²) in [6.45, 7) is 5.21. The van der Waals surface area contributed by atoms with Crippen LogP contribution in [-0.4, -0.2) is 35.1 Å². The van der Waals surface area contributed by atoms with Crippen molar-refractivity contribution in [3.8, 4) is 21.6 Å². The van der Waals surface area contributed by atoms with E-state index < -0.39 is 5.97 Å². The first-order valence-electron chi connectivity index (χ1n) is 10.3. The highest BCUT2D eigenvalue weighted by molar-refractivity contribution is 7.16. The van der Waals surface area contributed by atoms with Crippen LogP contribution in [0.1, 0.15) is 46.8 Å². The number of carboxylic acid groups (broad SMARTS) is 1. The Balaban J connectivity index is 1.82. The molecule has 1 aliphatic rings. The topological polar surface area (TPSA) is 53.4 Å². The predicted octanol–water partition coefficient (Wildman–Crippen LogP) is 5.75. The van der Waals surface area contributed by atoms with Gasteiger partial charge >= 0.3 is 5.97 Å². The van der Waals surface area contributed by atoms with E-state index in [-0.39, 0.29) is 5.41 Å². The van der Waals surface area contributed by atoms with Crippen molar-refractivity contribution in [2.75, 3.05) is 14.1 Å². The number of benzene rings is 1. The molecule has 0 aliphatic heterocycles. The van der Waals surface area contributed by atoms with Gasteiger partial charge in [0.15, 0.2) is 0 Å². The van der Waals surface area contributed by atoms with Crippen LogP contribution in [0.3, 0.4) is 0 Å². The summed E-state index contributed by atoms with van der Waals surface area (Å²) in [6.07, 6.45) is 4.71. The van der Waals surface area contributed by atoms with Crippen molar-refractivity contribution in [1.29, 1.82) is 0 Å².